The normalized spacial score (nSPS) is 13.1. The molecule has 4 aromatic rings. The molecule has 194 valence electrons. The molecule has 0 spiro atoms. The van der Waals surface area contributed by atoms with E-state index in [1.807, 2.05) is 6.33 Å². The Balaban J connectivity index is 1.77. The summed E-state index contributed by atoms with van der Waals surface area (Å²) >= 11 is 0. The summed E-state index contributed by atoms with van der Waals surface area (Å²) in [5.74, 6) is 0. The molecule has 0 bridgehead atoms. The van der Waals surface area contributed by atoms with Gasteiger partial charge in [-0.05, 0) is 41.2 Å². The lowest BCUT2D eigenvalue weighted by atomic mass is 9.76. The Labute approximate surface area is 224 Å². The molecule has 0 N–H and O–H groups in total. The minimum atomic E-state index is -1.79. The first-order valence-corrected chi connectivity index (χ1v) is 16.2. The molecule has 4 heteroatoms. The standard InChI is InChI=1S/C33H42N2OSi/c1-31(2,3)37(6,7)36-24-23-32(4,5)30-25-35(26-34-30)33(27-17-11-8-12-18-27,28-19-13-9-14-20-28)29-21-15-10-16-22-29/h8-22,25-26H,23-24H2,1-7H3. The van der Waals surface area contributed by atoms with Crippen molar-refractivity contribution in [2.24, 2.45) is 0 Å². The van der Waals surface area contributed by atoms with Crippen molar-refractivity contribution >= 4 is 8.32 Å². The highest BCUT2D eigenvalue weighted by Crippen LogP contribution is 2.42. The zero-order valence-electron chi connectivity index (χ0n) is 23.5. The second kappa shape index (κ2) is 10.4. The van der Waals surface area contributed by atoms with Crippen LogP contribution in [-0.2, 0) is 15.4 Å². The molecule has 0 unspecified atom stereocenters. The van der Waals surface area contributed by atoms with E-state index < -0.39 is 13.9 Å². The third-order valence-corrected chi connectivity index (χ3v) is 12.8. The second-order valence-corrected chi connectivity index (χ2v) is 17.0. The first kappa shape index (κ1) is 27.1. The molecule has 3 nitrogen and oxygen atoms in total. The quantitative estimate of drug-likeness (QED) is 0.167. The van der Waals surface area contributed by atoms with Gasteiger partial charge in [0.15, 0.2) is 8.32 Å². The fraction of sp³-hybridized carbons (Fsp3) is 0.364. The maximum atomic E-state index is 6.54. The molecule has 0 radical (unpaired) electrons. The summed E-state index contributed by atoms with van der Waals surface area (Å²) in [6, 6.07) is 32.3. The van der Waals surface area contributed by atoms with Crippen LogP contribution in [0, 0.1) is 0 Å². The number of benzene rings is 3. The SMILES string of the molecule is CC(C)(CCO[Si](C)(C)C(C)(C)C)c1cn(C(c2ccccc2)(c2ccccc2)c2ccccc2)cn1. The van der Waals surface area contributed by atoms with Crippen LogP contribution in [0.15, 0.2) is 104 Å². The highest BCUT2D eigenvalue weighted by molar-refractivity contribution is 6.74. The Morgan fingerprint density at radius 2 is 1.14 bits per heavy atom. The van der Waals surface area contributed by atoms with Crippen molar-refractivity contribution in [2.75, 3.05) is 6.61 Å². The number of rotatable bonds is 9. The summed E-state index contributed by atoms with van der Waals surface area (Å²) in [5.41, 5.74) is 4.03. The zero-order valence-corrected chi connectivity index (χ0v) is 24.5. The van der Waals surface area contributed by atoms with Gasteiger partial charge >= 0.3 is 0 Å². The minimum absolute atomic E-state index is 0.122. The lowest BCUT2D eigenvalue weighted by Crippen LogP contribution is -2.41. The molecule has 1 aromatic heterocycles. The van der Waals surface area contributed by atoms with Crippen LogP contribution >= 0.6 is 0 Å². The molecule has 4 rings (SSSR count). The Bertz CT molecular complexity index is 1180. The maximum Gasteiger partial charge on any atom is 0.191 e. The van der Waals surface area contributed by atoms with Gasteiger partial charge in [0.25, 0.3) is 0 Å². The lowest BCUT2D eigenvalue weighted by molar-refractivity contribution is 0.249. The van der Waals surface area contributed by atoms with E-state index in [1.165, 1.54) is 16.7 Å². The van der Waals surface area contributed by atoms with E-state index in [-0.39, 0.29) is 10.5 Å². The molecule has 0 saturated heterocycles. The number of nitrogens with zero attached hydrogens (tertiary/aromatic N) is 2. The Hall–Kier alpha value is -2.95. The Kier molecular flexibility index (Phi) is 7.64. The van der Waals surface area contributed by atoms with E-state index in [0.717, 1.165) is 18.7 Å². The molecule has 1 heterocycles. The van der Waals surface area contributed by atoms with Gasteiger partial charge in [0.2, 0.25) is 0 Å². The van der Waals surface area contributed by atoms with Gasteiger partial charge in [0.1, 0.15) is 5.54 Å². The number of aromatic nitrogens is 2. The maximum absolute atomic E-state index is 6.54. The summed E-state index contributed by atoms with van der Waals surface area (Å²) in [6.07, 6.45) is 5.18. The van der Waals surface area contributed by atoms with Gasteiger partial charge in [0, 0.05) is 18.2 Å². The van der Waals surface area contributed by atoms with Gasteiger partial charge in [-0.1, -0.05) is 126 Å². The molecule has 0 aliphatic rings. The molecule has 0 aliphatic carbocycles. The van der Waals surface area contributed by atoms with Crippen LogP contribution in [0.1, 0.15) is 63.4 Å². The first-order valence-electron chi connectivity index (χ1n) is 13.3. The van der Waals surface area contributed by atoms with Gasteiger partial charge in [0.05, 0.1) is 12.0 Å². The second-order valence-electron chi connectivity index (χ2n) is 12.2. The van der Waals surface area contributed by atoms with Gasteiger partial charge in [-0.25, -0.2) is 4.98 Å². The summed E-state index contributed by atoms with van der Waals surface area (Å²) in [6.45, 7) is 16.8. The molecule has 37 heavy (non-hydrogen) atoms. The van der Waals surface area contributed by atoms with Crippen molar-refractivity contribution in [1.82, 2.24) is 9.55 Å². The highest BCUT2D eigenvalue weighted by Gasteiger charge is 2.40. The number of hydrogen-bond acceptors (Lipinski definition) is 2. The highest BCUT2D eigenvalue weighted by atomic mass is 28.4. The predicted molar refractivity (Wildman–Crippen MR) is 158 cm³/mol. The summed E-state index contributed by atoms with van der Waals surface area (Å²) < 4.78 is 8.84. The molecule has 0 amide bonds. The van der Waals surface area contributed by atoms with Gasteiger partial charge in [-0.3, -0.25) is 0 Å². The third-order valence-electron chi connectivity index (χ3n) is 8.23. The smallest absolute Gasteiger partial charge is 0.191 e. The number of imidazole rings is 1. The van der Waals surface area contributed by atoms with Crippen LogP contribution in [0.4, 0.5) is 0 Å². The van der Waals surface area contributed by atoms with Crippen LogP contribution in [0.3, 0.4) is 0 Å². The Morgan fingerprint density at radius 3 is 1.54 bits per heavy atom. The fourth-order valence-corrected chi connectivity index (χ4v) is 5.79. The molecule has 0 atom stereocenters. The van der Waals surface area contributed by atoms with E-state index in [2.05, 4.69) is 149 Å². The molecule has 0 fully saturated rings. The van der Waals surface area contributed by atoms with E-state index in [4.69, 9.17) is 9.41 Å². The van der Waals surface area contributed by atoms with Crippen molar-refractivity contribution in [3.8, 4) is 0 Å². The Morgan fingerprint density at radius 1 is 0.703 bits per heavy atom. The minimum Gasteiger partial charge on any atom is -0.417 e. The van der Waals surface area contributed by atoms with Crippen molar-refractivity contribution in [2.45, 2.75) is 70.1 Å². The summed E-state index contributed by atoms with van der Waals surface area (Å²) in [4.78, 5) is 5.01. The van der Waals surface area contributed by atoms with E-state index in [1.54, 1.807) is 0 Å². The fourth-order valence-electron chi connectivity index (χ4n) is 4.75. The number of hydrogen-bond donors (Lipinski definition) is 0. The average molecular weight is 511 g/mol. The third kappa shape index (κ3) is 5.37. The van der Waals surface area contributed by atoms with Crippen LogP contribution in [-0.4, -0.2) is 24.5 Å². The van der Waals surface area contributed by atoms with Gasteiger partial charge in [-0.15, -0.1) is 0 Å². The summed E-state index contributed by atoms with van der Waals surface area (Å²) in [5, 5.41) is 0.208. The molecule has 0 aliphatic heterocycles. The van der Waals surface area contributed by atoms with E-state index in [0.29, 0.717) is 0 Å². The van der Waals surface area contributed by atoms with Crippen LogP contribution in [0.25, 0.3) is 0 Å². The average Bonchev–Trinajstić information content (AvgIpc) is 3.37. The molecular weight excluding hydrogens is 468 g/mol. The summed E-state index contributed by atoms with van der Waals surface area (Å²) in [7, 11) is -1.79. The van der Waals surface area contributed by atoms with Crippen molar-refractivity contribution in [3.63, 3.8) is 0 Å². The van der Waals surface area contributed by atoms with Gasteiger partial charge in [-0.2, -0.15) is 0 Å². The topological polar surface area (TPSA) is 27.1 Å². The molecule has 0 saturated carbocycles. The van der Waals surface area contributed by atoms with E-state index >= 15 is 0 Å². The van der Waals surface area contributed by atoms with Gasteiger partial charge < -0.3 is 8.99 Å². The lowest BCUT2D eigenvalue weighted by Gasteiger charge is -2.38. The molecule has 3 aromatic carbocycles. The predicted octanol–water partition coefficient (Wildman–Crippen LogP) is 8.41. The van der Waals surface area contributed by atoms with Crippen LogP contribution in [0.2, 0.25) is 18.1 Å². The van der Waals surface area contributed by atoms with Crippen LogP contribution < -0.4 is 0 Å². The van der Waals surface area contributed by atoms with E-state index in [9.17, 15) is 0 Å². The van der Waals surface area contributed by atoms with Crippen LogP contribution in [0.5, 0.6) is 0 Å². The zero-order chi connectivity index (χ0) is 26.7. The van der Waals surface area contributed by atoms with Crippen molar-refractivity contribution < 1.29 is 4.43 Å². The monoisotopic (exact) mass is 510 g/mol. The van der Waals surface area contributed by atoms with Crippen molar-refractivity contribution in [3.05, 3.63) is 126 Å². The first-order chi connectivity index (χ1) is 17.5. The molecular formula is C33H42N2OSi. The largest absolute Gasteiger partial charge is 0.417 e. The van der Waals surface area contributed by atoms with Crippen molar-refractivity contribution in [1.29, 1.82) is 0 Å².